The standard InChI is InChI=1S/C11H13BrN2/c1-14-8-10(12)11(13)7-9-5-3-2-4-6-9/h2-6,8H,7,13H2,1H3. The summed E-state index contributed by atoms with van der Waals surface area (Å²) < 4.78 is 0.851. The molecule has 0 saturated heterocycles. The number of halogens is 1. The minimum Gasteiger partial charge on any atom is -0.401 e. The van der Waals surface area contributed by atoms with Gasteiger partial charge in [0.15, 0.2) is 0 Å². The summed E-state index contributed by atoms with van der Waals surface area (Å²) in [5.74, 6) is 0. The van der Waals surface area contributed by atoms with Gasteiger partial charge in [-0.1, -0.05) is 30.3 Å². The Morgan fingerprint density at radius 1 is 1.43 bits per heavy atom. The molecule has 2 N–H and O–H groups in total. The maximum absolute atomic E-state index is 5.88. The molecule has 0 unspecified atom stereocenters. The molecular weight excluding hydrogens is 240 g/mol. The zero-order chi connectivity index (χ0) is 10.4. The molecule has 1 aromatic carbocycles. The van der Waals surface area contributed by atoms with Gasteiger partial charge in [-0.3, -0.25) is 4.99 Å². The van der Waals surface area contributed by atoms with E-state index in [-0.39, 0.29) is 0 Å². The van der Waals surface area contributed by atoms with E-state index < -0.39 is 0 Å². The van der Waals surface area contributed by atoms with E-state index >= 15 is 0 Å². The van der Waals surface area contributed by atoms with Crippen molar-refractivity contribution in [3.8, 4) is 0 Å². The van der Waals surface area contributed by atoms with Crippen LogP contribution in [0, 0.1) is 0 Å². The Hall–Kier alpha value is -1.09. The first kappa shape index (κ1) is 11.0. The highest BCUT2D eigenvalue weighted by molar-refractivity contribution is 9.12. The lowest BCUT2D eigenvalue weighted by atomic mass is 10.1. The van der Waals surface area contributed by atoms with E-state index in [0.29, 0.717) is 0 Å². The van der Waals surface area contributed by atoms with Gasteiger partial charge >= 0.3 is 0 Å². The molecule has 2 nitrogen and oxygen atoms in total. The number of rotatable bonds is 3. The van der Waals surface area contributed by atoms with Crippen LogP contribution in [0.4, 0.5) is 0 Å². The molecular formula is C11H13BrN2. The zero-order valence-electron chi connectivity index (χ0n) is 8.07. The molecule has 0 aliphatic heterocycles. The lowest BCUT2D eigenvalue weighted by molar-refractivity contribution is 1.11. The lowest BCUT2D eigenvalue weighted by Crippen LogP contribution is -2.04. The van der Waals surface area contributed by atoms with Gasteiger partial charge in [-0.15, -0.1) is 0 Å². The van der Waals surface area contributed by atoms with Crippen LogP contribution >= 0.6 is 15.9 Å². The Kier molecular flexibility index (Phi) is 4.40. The summed E-state index contributed by atoms with van der Waals surface area (Å²) >= 11 is 3.37. The third-order valence-corrected chi connectivity index (χ3v) is 2.50. The van der Waals surface area contributed by atoms with Crippen molar-refractivity contribution in [2.24, 2.45) is 10.7 Å². The molecule has 74 valence electrons. The minimum absolute atomic E-state index is 0.743. The first-order chi connectivity index (χ1) is 6.74. The number of allylic oxidation sites excluding steroid dienone is 2. The van der Waals surface area contributed by atoms with E-state index in [4.69, 9.17) is 5.73 Å². The highest BCUT2D eigenvalue weighted by atomic mass is 79.9. The van der Waals surface area contributed by atoms with Gasteiger partial charge in [-0.2, -0.15) is 0 Å². The summed E-state index contributed by atoms with van der Waals surface area (Å²) in [6.45, 7) is 0. The van der Waals surface area contributed by atoms with Crippen LogP contribution in [0.2, 0.25) is 0 Å². The van der Waals surface area contributed by atoms with Gasteiger partial charge in [0.25, 0.3) is 0 Å². The number of hydrogen-bond donors (Lipinski definition) is 1. The van der Waals surface area contributed by atoms with Crippen LogP contribution in [0.15, 0.2) is 45.5 Å². The smallest absolute Gasteiger partial charge is 0.0544 e. The first-order valence-electron chi connectivity index (χ1n) is 4.34. The SMILES string of the molecule is CN=CC(Br)=C(N)Cc1ccccc1. The quantitative estimate of drug-likeness (QED) is 0.826. The van der Waals surface area contributed by atoms with Crippen molar-refractivity contribution in [1.82, 2.24) is 0 Å². The number of hydrogen-bond acceptors (Lipinski definition) is 2. The summed E-state index contributed by atoms with van der Waals surface area (Å²) in [5.41, 5.74) is 7.87. The third-order valence-electron chi connectivity index (χ3n) is 1.79. The second-order valence-electron chi connectivity index (χ2n) is 2.92. The van der Waals surface area contributed by atoms with Gasteiger partial charge in [0.1, 0.15) is 0 Å². The Balaban J connectivity index is 2.75. The van der Waals surface area contributed by atoms with Crippen LogP contribution in [-0.4, -0.2) is 13.3 Å². The predicted molar refractivity (Wildman–Crippen MR) is 64.7 cm³/mol. The molecule has 3 heteroatoms. The summed E-state index contributed by atoms with van der Waals surface area (Å²) in [5, 5.41) is 0. The van der Waals surface area contributed by atoms with Crippen LogP contribution in [0.3, 0.4) is 0 Å². The topological polar surface area (TPSA) is 38.4 Å². The van der Waals surface area contributed by atoms with Crippen molar-refractivity contribution in [1.29, 1.82) is 0 Å². The Morgan fingerprint density at radius 3 is 2.64 bits per heavy atom. The van der Waals surface area contributed by atoms with Crippen molar-refractivity contribution in [3.63, 3.8) is 0 Å². The van der Waals surface area contributed by atoms with Gasteiger partial charge in [-0.25, -0.2) is 0 Å². The predicted octanol–water partition coefficient (Wildman–Crippen LogP) is 2.49. The highest BCUT2D eigenvalue weighted by Gasteiger charge is 1.98. The second-order valence-corrected chi connectivity index (χ2v) is 3.78. The molecule has 0 saturated carbocycles. The van der Waals surface area contributed by atoms with Gasteiger partial charge in [0, 0.05) is 25.4 Å². The average Bonchev–Trinajstić information content (AvgIpc) is 2.19. The normalized spacial score (nSPS) is 13.0. The zero-order valence-corrected chi connectivity index (χ0v) is 9.66. The molecule has 0 fully saturated rings. The highest BCUT2D eigenvalue weighted by Crippen LogP contribution is 2.11. The summed E-state index contributed by atoms with van der Waals surface area (Å²) in [6.07, 6.45) is 2.45. The van der Waals surface area contributed by atoms with Crippen LogP contribution in [0.1, 0.15) is 5.56 Å². The van der Waals surface area contributed by atoms with Gasteiger partial charge in [0.2, 0.25) is 0 Å². The number of nitrogens with zero attached hydrogens (tertiary/aromatic N) is 1. The third kappa shape index (κ3) is 3.34. The molecule has 0 bridgehead atoms. The van der Waals surface area contributed by atoms with E-state index in [9.17, 15) is 0 Å². The molecule has 0 amide bonds. The van der Waals surface area contributed by atoms with Crippen LogP contribution in [0.25, 0.3) is 0 Å². The maximum atomic E-state index is 5.88. The van der Waals surface area contributed by atoms with Gasteiger partial charge in [0.05, 0.1) is 4.48 Å². The van der Waals surface area contributed by atoms with Gasteiger partial charge < -0.3 is 5.73 Å². The fourth-order valence-electron chi connectivity index (χ4n) is 1.10. The van der Waals surface area contributed by atoms with Gasteiger partial charge in [-0.05, 0) is 21.5 Å². The summed E-state index contributed by atoms with van der Waals surface area (Å²) in [7, 11) is 1.72. The molecule has 1 aromatic rings. The molecule has 1 rings (SSSR count). The Bertz CT molecular complexity index is 342. The number of aliphatic imine (C=N–C) groups is 1. The van der Waals surface area contributed by atoms with Crippen molar-refractivity contribution >= 4 is 22.1 Å². The maximum Gasteiger partial charge on any atom is 0.0544 e. The van der Waals surface area contributed by atoms with Crippen LogP contribution < -0.4 is 5.73 Å². The van der Waals surface area contributed by atoms with Crippen molar-refractivity contribution in [3.05, 3.63) is 46.1 Å². The number of nitrogens with two attached hydrogens (primary N) is 1. The Labute approximate surface area is 92.7 Å². The fourth-order valence-corrected chi connectivity index (χ4v) is 1.44. The average molecular weight is 253 g/mol. The molecule has 0 aliphatic rings. The van der Waals surface area contributed by atoms with Crippen molar-refractivity contribution < 1.29 is 0 Å². The minimum atomic E-state index is 0.743. The molecule has 0 aromatic heterocycles. The monoisotopic (exact) mass is 252 g/mol. The molecule has 0 atom stereocenters. The van der Waals surface area contributed by atoms with Crippen molar-refractivity contribution in [2.45, 2.75) is 6.42 Å². The molecule has 0 radical (unpaired) electrons. The largest absolute Gasteiger partial charge is 0.401 e. The van der Waals surface area contributed by atoms with Crippen LogP contribution in [-0.2, 0) is 6.42 Å². The van der Waals surface area contributed by atoms with E-state index in [1.807, 2.05) is 18.2 Å². The molecule has 14 heavy (non-hydrogen) atoms. The summed E-state index contributed by atoms with van der Waals surface area (Å²) in [6, 6.07) is 10.1. The molecule has 0 spiro atoms. The Morgan fingerprint density at radius 2 is 2.07 bits per heavy atom. The van der Waals surface area contributed by atoms with Crippen molar-refractivity contribution in [2.75, 3.05) is 7.05 Å². The van der Waals surface area contributed by atoms with E-state index in [1.165, 1.54) is 5.56 Å². The van der Waals surface area contributed by atoms with Crippen LogP contribution in [0.5, 0.6) is 0 Å². The number of benzene rings is 1. The summed E-state index contributed by atoms with van der Waals surface area (Å²) in [4.78, 5) is 3.89. The van der Waals surface area contributed by atoms with E-state index in [2.05, 4.69) is 33.1 Å². The van der Waals surface area contributed by atoms with E-state index in [0.717, 1.165) is 16.6 Å². The molecule has 0 heterocycles. The first-order valence-corrected chi connectivity index (χ1v) is 5.13. The van der Waals surface area contributed by atoms with E-state index in [1.54, 1.807) is 13.3 Å². The molecule has 0 aliphatic carbocycles. The second kappa shape index (κ2) is 5.60. The lowest BCUT2D eigenvalue weighted by Gasteiger charge is -2.02. The fraction of sp³-hybridized carbons (Fsp3) is 0.182.